The fourth-order valence-corrected chi connectivity index (χ4v) is 2.58. The monoisotopic (exact) mass is 213 g/mol. The first kappa shape index (κ1) is 13.0. The van der Waals surface area contributed by atoms with E-state index in [-0.39, 0.29) is 6.10 Å². The standard InChI is InChI=1S/C13H27NO/c1-5-13(15)11(4)14-8-6-12(7-9-14)10(2)3/h10-13,15H,5-9H2,1-4H3. The van der Waals surface area contributed by atoms with Crippen LogP contribution in [0, 0.1) is 11.8 Å². The van der Waals surface area contributed by atoms with E-state index in [0.29, 0.717) is 6.04 Å². The SMILES string of the molecule is CCC(O)C(C)N1CCC(C(C)C)CC1. The largest absolute Gasteiger partial charge is 0.392 e. The van der Waals surface area contributed by atoms with Gasteiger partial charge >= 0.3 is 0 Å². The maximum atomic E-state index is 9.81. The van der Waals surface area contributed by atoms with Gasteiger partial charge in [-0.25, -0.2) is 0 Å². The Balaban J connectivity index is 2.36. The molecule has 0 spiro atoms. The Hall–Kier alpha value is -0.0800. The van der Waals surface area contributed by atoms with E-state index < -0.39 is 0 Å². The Morgan fingerprint density at radius 2 is 1.73 bits per heavy atom. The molecule has 0 aromatic carbocycles. The van der Waals surface area contributed by atoms with Gasteiger partial charge in [-0.15, -0.1) is 0 Å². The predicted octanol–water partition coefficient (Wildman–Crippen LogP) is 2.51. The highest BCUT2D eigenvalue weighted by molar-refractivity contribution is 4.80. The first-order valence-corrected chi connectivity index (χ1v) is 6.48. The average Bonchev–Trinajstić information content (AvgIpc) is 2.27. The third kappa shape index (κ3) is 3.46. The van der Waals surface area contributed by atoms with Crippen LogP contribution in [0.5, 0.6) is 0 Å². The van der Waals surface area contributed by atoms with Crippen molar-refractivity contribution in [3.8, 4) is 0 Å². The van der Waals surface area contributed by atoms with Gasteiger partial charge in [0.2, 0.25) is 0 Å². The summed E-state index contributed by atoms with van der Waals surface area (Å²) < 4.78 is 0. The lowest BCUT2D eigenvalue weighted by atomic mass is 9.86. The molecule has 1 aliphatic heterocycles. The highest BCUT2D eigenvalue weighted by Gasteiger charge is 2.26. The van der Waals surface area contributed by atoms with Crippen LogP contribution in [-0.4, -0.2) is 35.2 Å². The summed E-state index contributed by atoms with van der Waals surface area (Å²) in [5, 5.41) is 9.81. The van der Waals surface area contributed by atoms with Crippen molar-refractivity contribution in [2.24, 2.45) is 11.8 Å². The first-order valence-electron chi connectivity index (χ1n) is 6.48. The van der Waals surface area contributed by atoms with Crippen LogP contribution in [0.1, 0.15) is 47.0 Å². The van der Waals surface area contributed by atoms with E-state index in [9.17, 15) is 5.11 Å². The molecule has 1 N–H and O–H groups in total. The van der Waals surface area contributed by atoms with Crippen LogP contribution < -0.4 is 0 Å². The third-order valence-electron chi connectivity index (χ3n) is 4.07. The Kier molecular flexibility index (Phi) is 5.07. The highest BCUT2D eigenvalue weighted by Crippen LogP contribution is 2.26. The molecule has 2 atom stereocenters. The van der Waals surface area contributed by atoms with Crippen molar-refractivity contribution in [1.82, 2.24) is 4.90 Å². The van der Waals surface area contributed by atoms with Crippen LogP contribution in [0.3, 0.4) is 0 Å². The summed E-state index contributed by atoms with van der Waals surface area (Å²) in [5.41, 5.74) is 0. The second-order valence-corrected chi connectivity index (χ2v) is 5.33. The molecule has 90 valence electrons. The zero-order chi connectivity index (χ0) is 11.4. The van der Waals surface area contributed by atoms with Crippen molar-refractivity contribution in [3.63, 3.8) is 0 Å². The van der Waals surface area contributed by atoms with Crippen molar-refractivity contribution in [2.45, 2.75) is 59.1 Å². The number of piperidine rings is 1. The quantitative estimate of drug-likeness (QED) is 0.775. The van der Waals surface area contributed by atoms with Crippen LogP contribution in [0.15, 0.2) is 0 Å². The summed E-state index contributed by atoms with van der Waals surface area (Å²) in [5.74, 6) is 1.71. The molecule has 15 heavy (non-hydrogen) atoms. The Labute approximate surface area is 94.7 Å². The van der Waals surface area contributed by atoms with Gasteiger partial charge in [-0.05, 0) is 51.1 Å². The molecular formula is C13H27NO. The van der Waals surface area contributed by atoms with Crippen molar-refractivity contribution in [3.05, 3.63) is 0 Å². The number of likely N-dealkylation sites (tertiary alicyclic amines) is 1. The van der Waals surface area contributed by atoms with Gasteiger partial charge in [0.05, 0.1) is 6.10 Å². The minimum absolute atomic E-state index is 0.152. The van der Waals surface area contributed by atoms with Crippen molar-refractivity contribution in [2.75, 3.05) is 13.1 Å². The molecule has 1 fully saturated rings. The Morgan fingerprint density at radius 3 is 2.13 bits per heavy atom. The maximum absolute atomic E-state index is 9.81. The topological polar surface area (TPSA) is 23.5 Å². The van der Waals surface area contributed by atoms with Crippen LogP contribution in [0.25, 0.3) is 0 Å². The molecule has 1 aliphatic rings. The van der Waals surface area contributed by atoms with Crippen LogP contribution in [0.4, 0.5) is 0 Å². The van der Waals surface area contributed by atoms with Gasteiger partial charge in [-0.3, -0.25) is 4.90 Å². The summed E-state index contributed by atoms with van der Waals surface area (Å²) in [6, 6.07) is 0.336. The Bertz CT molecular complexity index is 173. The molecule has 0 aromatic rings. The van der Waals surface area contributed by atoms with Gasteiger partial charge in [0, 0.05) is 6.04 Å². The van der Waals surface area contributed by atoms with Gasteiger partial charge in [0.1, 0.15) is 0 Å². The molecular weight excluding hydrogens is 186 g/mol. The predicted molar refractivity (Wildman–Crippen MR) is 64.9 cm³/mol. The van der Waals surface area contributed by atoms with Gasteiger partial charge < -0.3 is 5.11 Å². The van der Waals surface area contributed by atoms with Crippen molar-refractivity contribution >= 4 is 0 Å². The number of rotatable bonds is 4. The minimum atomic E-state index is -0.152. The van der Waals surface area contributed by atoms with E-state index in [0.717, 1.165) is 18.3 Å². The lowest BCUT2D eigenvalue weighted by molar-refractivity contribution is 0.0313. The van der Waals surface area contributed by atoms with Crippen LogP contribution >= 0.6 is 0 Å². The molecule has 0 radical (unpaired) electrons. The van der Waals surface area contributed by atoms with E-state index >= 15 is 0 Å². The van der Waals surface area contributed by atoms with Gasteiger partial charge in [0.25, 0.3) is 0 Å². The minimum Gasteiger partial charge on any atom is -0.392 e. The number of hydrogen-bond donors (Lipinski definition) is 1. The molecule has 2 unspecified atom stereocenters. The summed E-state index contributed by atoms with van der Waals surface area (Å²) in [4.78, 5) is 2.45. The second-order valence-electron chi connectivity index (χ2n) is 5.33. The van der Waals surface area contributed by atoms with E-state index in [1.807, 2.05) is 0 Å². The first-order chi connectivity index (χ1) is 7.06. The Morgan fingerprint density at radius 1 is 1.20 bits per heavy atom. The van der Waals surface area contributed by atoms with E-state index in [1.54, 1.807) is 0 Å². The van der Waals surface area contributed by atoms with Crippen LogP contribution in [-0.2, 0) is 0 Å². The fraction of sp³-hybridized carbons (Fsp3) is 1.00. The van der Waals surface area contributed by atoms with E-state index in [2.05, 4.69) is 32.6 Å². The molecule has 1 heterocycles. The zero-order valence-electron chi connectivity index (χ0n) is 10.7. The van der Waals surface area contributed by atoms with Crippen LogP contribution in [0.2, 0.25) is 0 Å². The average molecular weight is 213 g/mol. The van der Waals surface area contributed by atoms with Gasteiger partial charge in [-0.1, -0.05) is 20.8 Å². The summed E-state index contributed by atoms with van der Waals surface area (Å²) >= 11 is 0. The molecule has 2 nitrogen and oxygen atoms in total. The van der Waals surface area contributed by atoms with Crippen molar-refractivity contribution < 1.29 is 5.11 Å². The van der Waals surface area contributed by atoms with Gasteiger partial charge in [-0.2, -0.15) is 0 Å². The summed E-state index contributed by atoms with van der Waals surface area (Å²) in [6.07, 6.45) is 3.32. The molecule has 0 amide bonds. The maximum Gasteiger partial charge on any atom is 0.0690 e. The second kappa shape index (κ2) is 5.86. The van der Waals surface area contributed by atoms with E-state index in [4.69, 9.17) is 0 Å². The number of aliphatic hydroxyl groups excluding tert-OH is 1. The summed E-state index contributed by atoms with van der Waals surface area (Å²) in [7, 11) is 0. The molecule has 0 bridgehead atoms. The third-order valence-corrected chi connectivity index (χ3v) is 4.07. The smallest absolute Gasteiger partial charge is 0.0690 e. The van der Waals surface area contributed by atoms with Gasteiger partial charge in [0.15, 0.2) is 0 Å². The summed E-state index contributed by atoms with van der Waals surface area (Å²) in [6.45, 7) is 11.2. The number of aliphatic hydroxyl groups is 1. The lowest BCUT2D eigenvalue weighted by Crippen LogP contribution is -2.46. The molecule has 0 saturated carbocycles. The molecule has 2 heteroatoms. The van der Waals surface area contributed by atoms with E-state index in [1.165, 1.54) is 25.9 Å². The molecule has 1 saturated heterocycles. The molecule has 0 aliphatic carbocycles. The van der Waals surface area contributed by atoms with Crippen molar-refractivity contribution in [1.29, 1.82) is 0 Å². The number of hydrogen-bond acceptors (Lipinski definition) is 2. The highest BCUT2D eigenvalue weighted by atomic mass is 16.3. The zero-order valence-corrected chi connectivity index (χ0v) is 10.7. The molecule has 1 rings (SSSR count). The fourth-order valence-electron chi connectivity index (χ4n) is 2.58. The molecule has 0 aromatic heterocycles. The number of nitrogens with zero attached hydrogens (tertiary/aromatic N) is 1. The lowest BCUT2D eigenvalue weighted by Gasteiger charge is -2.39. The normalized spacial score (nSPS) is 24.4.